The zero-order valence-corrected chi connectivity index (χ0v) is 23.8. The summed E-state index contributed by atoms with van der Waals surface area (Å²) in [6, 6.07) is 21.6. The van der Waals surface area contributed by atoms with E-state index in [9.17, 15) is 0 Å². The third-order valence-electron chi connectivity index (χ3n) is 7.35. The Balaban J connectivity index is 0.000000204. The van der Waals surface area contributed by atoms with E-state index in [1.165, 1.54) is 43.2 Å². The molecule has 2 aromatic rings. The van der Waals surface area contributed by atoms with Crippen LogP contribution in [-0.4, -0.2) is 12.7 Å². The second kappa shape index (κ2) is 12.3. The molecule has 4 rings (SSSR count). The Morgan fingerprint density at radius 1 is 0.750 bits per heavy atom. The molecule has 1 fully saturated rings. The fourth-order valence-electron chi connectivity index (χ4n) is 5.08. The van der Waals surface area contributed by atoms with E-state index in [1.807, 2.05) is 16.0 Å². The largest absolute Gasteiger partial charge is 0.0622 e. The maximum atomic E-state index is 4.24. The molecule has 0 radical (unpaired) electrons. The molecule has 1 N–H and O–H groups in total. The number of benzene rings is 2. The number of hydrogen-bond donors (Lipinski definition) is 1. The molecule has 0 aromatic heterocycles. The van der Waals surface area contributed by atoms with Crippen molar-refractivity contribution in [1.29, 1.82) is 0 Å². The van der Waals surface area contributed by atoms with Crippen LogP contribution in [0.3, 0.4) is 0 Å². The molecule has 3 heteroatoms. The Morgan fingerprint density at radius 3 is 1.66 bits per heavy atom. The van der Waals surface area contributed by atoms with Crippen molar-refractivity contribution in [2.75, 3.05) is 0 Å². The third kappa shape index (κ3) is 6.44. The summed E-state index contributed by atoms with van der Waals surface area (Å²) in [6.45, 7) is 14.1. The van der Waals surface area contributed by atoms with Gasteiger partial charge < -0.3 is 0 Å². The number of allylic oxidation sites excluding steroid dienone is 4. The van der Waals surface area contributed by atoms with Crippen molar-refractivity contribution >= 4 is 6.66 Å². The number of rotatable bonds is 5. The minimum absolute atomic E-state index is 0.570. The van der Waals surface area contributed by atoms with Crippen molar-refractivity contribution < 1.29 is 17.4 Å². The molecule has 2 aromatic carbocycles. The second-order valence-corrected chi connectivity index (χ2v) is 22.5. The van der Waals surface area contributed by atoms with Gasteiger partial charge in [-0.1, -0.05) is 60.7 Å². The van der Waals surface area contributed by atoms with Crippen molar-refractivity contribution in [3.63, 3.8) is 0 Å². The first kappa shape index (κ1) is 25.4. The molecule has 1 unspecified atom stereocenters. The minimum Gasteiger partial charge on any atom is -0.0622 e. The summed E-state index contributed by atoms with van der Waals surface area (Å²) in [4.78, 5) is 0. The van der Waals surface area contributed by atoms with E-state index in [0.717, 1.165) is 12.0 Å². The van der Waals surface area contributed by atoms with Crippen LogP contribution in [0.25, 0.3) is 11.1 Å². The molecule has 0 aliphatic heterocycles. The van der Waals surface area contributed by atoms with Crippen molar-refractivity contribution in [2.24, 2.45) is 5.92 Å². The average molecular weight is 481 g/mol. The van der Waals surface area contributed by atoms with Crippen LogP contribution in [0.4, 0.5) is 0 Å². The maximum Gasteiger partial charge on any atom is -0.0184 e. The summed E-state index contributed by atoms with van der Waals surface area (Å²) in [5, 5.41) is 0. The normalized spacial score (nSPS) is 19.3. The van der Waals surface area contributed by atoms with Gasteiger partial charge in [0.25, 0.3) is 0 Å². The Labute approximate surface area is 204 Å². The molecular formula is C29H42NSiTi. The van der Waals surface area contributed by atoms with Crippen LogP contribution in [-0.2, 0) is 17.4 Å². The van der Waals surface area contributed by atoms with Gasteiger partial charge in [-0.15, -0.1) is 0 Å². The van der Waals surface area contributed by atoms with Crippen molar-refractivity contribution in [1.82, 2.24) is 3.80 Å². The quantitative estimate of drug-likeness (QED) is 0.427. The Kier molecular flexibility index (Phi) is 9.79. The van der Waals surface area contributed by atoms with E-state index in [2.05, 4.69) is 93.1 Å². The number of hydrogen-bond acceptors (Lipinski definition) is 1. The van der Waals surface area contributed by atoms with Gasteiger partial charge in [0.15, 0.2) is 0 Å². The van der Waals surface area contributed by atoms with Gasteiger partial charge in [0.2, 0.25) is 0 Å². The zero-order chi connectivity index (χ0) is 23.1. The monoisotopic (exact) mass is 480 g/mol. The van der Waals surface area contributed by atoms with Gasteiger partial charge in [-0.2, -0.15) is 0 Å². The van der Waals surface area contributed by atoms with Gasteiger partial charge in [0.1, 0.15) is 0 Å². The minimum atomic E-state index is -1.22. The molecular weight excluding hydrogens is 438 g/mol. The second-order valence-electron chi connectivity index (χ2n) is 9.85. The van der Waals surface area contributed by atoms with Crippen LogP contribution < -0.4 is 3.80 Å². The van der Waals surface area contributed by atoms with Crippen molar-refractivity contribution in [3.8, 4) is 11.1 Å². The van der Waals surface area contributed by atoms with Crippen LogP contribution in [0.5, 0.6) is 0 Å². The Hall–Kier alpha value is -1.19. The first-order valence-electron chi connectivity index (χ1n) is 12.5. The standard InChI is InChI=1S/C12H10.C9H13.C6H12N.C2H7Si.Ti/c1-3-7-11(8-4-1)12-9-5-2-6-10-12;1-6-5-7(2)9(4)8(6)3;7-6-4-2-1-3-5-6;1-3-2;/h1-10H;6H,1-4H3;6-7H,1-5H2;3H,1-2H3;/q;;-1;;+1. The van der Waals surface area contributed by atoms with Crippen LogP contribution in [0, 0.1) is 5.92 Å². The van der Waals surface area contributed by atoms with Crippen molar-refractivity contribution in [2.45, 2.75) is 78.9 Å². The van der Waals surface area contributed by atoms with Gasteiger partial charge >= 0.3 is 133 Å². The first-order valence-corrected chi connectivity index (χ1v) is 19.7. The van der Waals surface area contributed by atoms with E-state index < -0.39 is 24.0 Å². The average Bonchev–Trinajstić information content (AvgIpc) is 3.02. The summed E-state index contributed by atoms with van der Waals surface area (Å²) >= 11 is -1.22. The predicted molar refractivity (Wildman–Crippen MR) is 141 cm³/mol. The van der Waals surface area contributed by atoms with Crippen LogP contribution in [0.2, 0.25) is 13.1 Å². The van der Waals surface area contributed by atoms with Gasteiger partial charge in [0.05, 0.1) is 0 Å². The smallest absolute Gasteiger partial charge is 0.0184 e. The molecule has 171 valence electrons. The molecule has 2 aliphatic carbocycles. The summed E-state index contributed by atoms with van der Waals surface area (Å²) in [6.07, 6.45) is 7.23. The van der Waals surface area contributed by atoms with Gasteiger partial charge in [0, 0.05) is 0 Å². The van der Waals surface area contributed by atoms with E-state index in [0.29, 0.717) is 0 Å². The molecule has 0 bridgehead atoms. The zero-order valence-electron chi connectivity index (χ0n) is 21.0. The van der Waals surface area contributed by atoms with Crippen molar-refractivity contribution in [3.05, 3.63) is 81.3 Å². The van der Waals surface area contributed by atoms with Crippen LogP contribution in [0.15, 0.2) is 81.3 Å². The molecule has 0 spiro atoms. The fraction of sp³-hybridized carbons (Fsp3) is 0.448. The summed E-state index contributed by atoms with van der Waals surface area (Å²) < 4.78 is 6.14. The molecule has 0 amide bonds. The first-order chi connectivity index (χ1) is 15.4. The topological polar surface area (TPSA) is 12.0 Å². The van der Waals surface area contributed by atoms with Gasteiger partial charge in [-0.25, -0.2) is 0 Å². The Morgan fingerprint density at radius 2 is 1.25 bits per heavy atom. The summed E-state index contributed by atoms with van der Waals surface area (Å²) in [5.74, 6) is 0.732. The fourth-order valence-corrected chi connectivity index (χ4v) is 16.8. The summed E-state index contributed by atoms with van der Waals surface area (Å²) in [7, 11) is 0. The predicted octanol–water partition coefficient (Wildman–Crippen LogP) is 8.04. The molecule has 32 heavy (non-hydrogen) atoms. The van der Waals surface area contributed by atoms with Crippen LogP contribution >= 0.6 is 0 Å². The van der Waals surface area contributed by atoms with E-state index in [-0.39, 0.29) is 0 Å². The third-order valence-corrected chi connectivity index (χ3v) is 19.2. The molecule has 0 heterocycles. The molecule has 0 saturated heterocycles. The van der Waals surface area contributed by atoms with Crippen LogP contribution in [0.1, 0.15) is 59.8 Å². The molecule has 2 aliphatic rings. The van der Waals surface area contributed by atoms with E-state index >= 15 is 0 Å². The van der Waals surface area contributed by atoms with E-state index in [1.54, 1.807) is 16.7 Å². The Bertz CT molecular complexity index is 873. The maximum absolute atomic E-state index is 4.24. The van der Waals surface area contributed by atoms with Gasteiger partial charge in [-0.05, 0) is 11.1 Å². The van der Waals surface area contributed by atoms with E-state index in [4.69, 9.17) is 0 Å². The van der Waals surface area contributed by atoms with Gasteiger partial charge in [-0.3, -0.25) is 0 Å². The molecule has 1 atom stereocenters. The SMILES string of the molecule is CC1=C(C)C(C)[C]([Ti]([NH]C2CCCCC2)[SiH](C)C)=C1C.c1ccc(-c2ccccc2)cc1. The number of nitrogens with one attached hydrogen (secondary N) is 1. The molecule has 1 nitrogen and oxygen atoms in total. The summed E-state index contributed by atoms with van der Waals surface area (Å²) in [5.41, 5.74) is 7.45. The molecule has 1 saturated carbocycles.